The number of likely N-dealkylation sites (tertiary alicyclic amines) is 2. The lowest BCUT2D eigenvalue weighted by Gasteiger charge is -2.58. The van der Waals surface area contributed by atoms with E-state index < -0.39 is 22.8 Å². The van der Waals surface area contributed by atoms with Gasteiger partial charge in [-0.25, -0.2) is 9.59 Å². The number of amides is 3. The summed E-state index contributed by atoms with van der Waals surface area (Å²) in [5, 5.41) is 2.97. The third kappa shape index (κ3) is 6.56. The normalized spacial score (nSPS) is 20.8. The number of nitrogens with one attached hydrogen (secondary N) is 1. The average Bonchev–Trinajstić information content (AvgIpc) is 3.00. The van der Waals surface area contributed by atoms with Crippen LogP contribution < -0.4 is 5.32 Å². The molecular weight excluding hydrogens is 506 g/mol. The Morgan fingerprint density at radius 3 is 2.45 bits per heavy atom. The highest BCUT2D eigenvalue weighted by atomic mass is 16.5. The highest BCUT2D eigenvalue weighted by Gasteiger charge is 2.63. The molecule has 1 unspecified atom stereocenters. The predicted molar refractivity (Wildman–Crippen MR) is 161 cm³/mol. The van der Waals surface area contributed by atoms with E-state index in [-0.39, 0.29) is 19.4 Å². The zero-order valence-electron chi connectivity index (χ0n) is 25.7. The van der Waals surface area contributed by atoms with Crippen LogP contribution in [0, 0.1) is 10.8 Å². The van der Waals surface area contributed by atoms with E-state index in [0.717, 1.165) is 30.7 Å². The number of esters is 1. The Bertz CT molecular complexity index is 1060. The number of β-lactam (4-membered cyclic amide) rings is 1. The van der Waals surface area contributed by atoms with Gasteiger partial charge in [-0.05, 0) is 56.6 Å². The van der Waals surface area contributed by atoms with Crippen molar-refractivity contribution in [3.05, 3.63) is 42.0 Å². The van der Waals surface area contributed by atoms with E-state index in [1.165, 1.54) is 7.11 Å². The summed E-state index contributed by atoms with van der Waals surface area (Å²) < 4.78 is 5.06. The second kappa shape index (κ2) is 15.0. The van der Waals surface area contributed by atoms with Crippen LogP contribution in [0.4, 0.5) is 4.79 Å². The highest BCUT2D eigenvalue weighted by Crippen LogP contribution is 2.57. The van der Waals surface area contributed by atoms with Gasteiger partial charge in [0.05, 0.1) is 24.3 Å². The van der Waals surface area contributed by atoms with Crippen LogP contribution in [0.3, 0.4) is 0 Å². The summed E-state index contributed by atoms with van der Waals surface area (Å²) >= 11 is 0. The van der Waals surface area contributed by atoms with E-state index >= 15 is 0 Å². The molecule has 3 rings (SSSR count). The van der Waals surface area contributed by atoms with Crippen molar-refractivity contribution in [3.8, 4) is 0 Å². The molecule has 2 saturated heterocycles. The molecule has 9 nitrogen and oxygen atoms in total. The van der Waals surface area contributed by atoms with Gasteiger partial charge in [0, 0.05) is 38.8 Å². The average molecular weight is 558 g/mol. The molecule has 3 amide bonds. The van der Waals surface area contributed by atoms with Crippen LogP contribution >= 0.6 is 0 Å². The molecule has 2 aliphatic heterocycles. The second-order valence-electron chi connectivity index (χ2n) is 10.5. The number of piperidine rings is 1. The molecule has 0 radical (unpaired) electrons. The minimum absolute atomic E-state index is 0. The maximum Gasteiger partial charge on any atom is 0.328 e. The maximum absolute atomic E-state index is 13.7. The molecule has 3 heterocycles. The number of pyridine rings is 1. The van der Waals surface area contributed by atoms with Crippen molar-refractivity contribution in [3.63, 3.8) is 0 Å². The number of aromatic nitrogens is 1. The zero-order valence-corrected chi connectivity index (χ0v) is 25.7. The number of methoxy groups -OCH3 is 1. The Labute approximate surface area is 241 Å². The number of hydrogen-bond acceptors (Lipinski definition) is 6. The van der Waals surface area contributed by atoms with Crippen molar-refractivity contribution in [1.29, 1.82) is 0 Å². The highest BCUT2D eigenvalue weighted by molar-refractivity contribution is 5.93. The molecule has 1 aromatic rings. The summed E-state index contributed by atoms with van der Waals surface area (Å²) in [4.78, 5) is 52.2. The van der Waals surface area contributed by atoms with Crippen LogP contribution in [0.5, 0.6) is 0 Å². The van der Waals surface area contributed by atoms with E-state index in [9.17, 15) is 14.4 Å². The number of urea groups is 1. The Morgan fingerprint density at radius 1 is 1.27 bits per heavy atom. The summed E-state index contributed by atoms with van der Waals surface area (Å²) in [5.41, 5.74) is 0.656. The fraction of sp³-hybridized carbons (Fsp3) is 0.645. The monoisotopic (exact) mass is 557 g/mol. The van der Waals surface area contributed by atoms with Gasteiger partial charge in [-0.3, -0.25) is 14.8 Å². The minimum atomic E-state index is -0.737. The molecular formula is C31H51N5O4. The smallest absolute Gasteiger partial charge is 0.328 e. The van der Waals surface area contributed by atoms with Crippen molar-refractivity contribution in [2.75, 3.05) is 20.2 Å². The summed E-state index contributed by atoms with van der Waals surface area (Å²) in [6.45, 7) is 14.8. The van der Waals surface area contributed by atoms with E-state index in [1.807, 2.05) is 64.6 Å². The van der Waals surface area contributed by atoms with Gasteiger partial charge in [-0.1, -0.05) is 54.0 Å². The first-order valence-electron chi connectivity index (χ1n) is 14.8. The van der Waals surface area contributed by atoms with E-state index in [0.29, 0.717) is 32.4 Å². The summed E-state index contributed by atoms with van der Waals surface area (Å²) in [6, 6.07) is 4.52. The molecule has 224 valence electrons. The number of carbonyl (C=O) groups is 3. The first kappa shape index (κ1) is 33.0. The Kier molecular flexibility index (Phi) is 12.3. The number of nitrogens with zero attached hydrogens (tertiary/aromatic N) is 4. The summed E-state index contributed by atoms with van der Waals surface area (Å²) in [5.74, 6) is -0.375. The third-order valence-corrected chi connectivity index (χ3v) is 8.41. The fourth-order valence-electron chi connectivity index (χ4n) is 5.93. The van der Waals surface area contributed by atoms with Crippen LogP contribution in [0.25, 0.3) is 0 Å². The molecule has 2 aliphatic rings. The van der Waals surface area contributed by atoms with Gasteiger partial charge in [0.25, 0.3) is 0 Å². The van der Waals surface area contributed by atoms with Gasteiger partial charge in [0.15, 0.2) is 0 Å². The maximum atomic E-state index is 13.7. The topological polar surface area (TPSA) is 104 Å². The van der Waals surface area contributed by atoms with Crippen molar-refractivity contribution < 1.29 is 20.5 Å². The molecule has 0 bridgehead atoms. The third-order valence-electron chi connectivity index (χ3n) is 8.41. The Balaban J connectivity index is 0.00000274. The second-order valence-corrected chi connectivity index (χ2v) is 10.5. The number of ether oxygens (including phenoxy) is 1. The fourth-order valence-corrected chi connectivity index (χ4v) is 5.93. The molecule has 3 atom stereocenters. The van der Waals surface area contributed by atoms with Gasteiger partial charge < -0.3 is 19.9 Å². The van der Waals surface area contributed by atoms with Crippen LogP contribution in [0.1, 0.15) is 100 Å². The summed E-state index contributed by atoms with van der Waals surface area (Å²) in [7, 11) is 1.35. The van der Waals surface area contributed by atoms with Gasteiger partial charge in [0.1, 0.15) is 6.04 Å². The molecule has 2 fully saturated rings. The standard InChI is InChI=1S/C29H43N5O4.C2H6.H2/c1-7-14-28(5,9-3)23(25(35)38-6)32-27(37)33-18-15-29(16-19-33)24(22-13-11-12-17-31-22)34(26(29)36)21(8-2)20-30-10-4;1-2;/h10-13,17,20,23-24H,7-9,14-16,18-19H2,1-6H3,(H,32,37);1-2H3;1H/b21-20+,30-10?;;/t23-,24?,28+;;/m0../s1. The number of carbonyl (C=O) groups excluding carboxylic acids is 3. The van der Waals surface area contributed by atoms with Crippen molar-refractivity contribution in [1.82, 2.24) is 20.1 Å². The number of allylic oxidation sites excluding steroid dienone is 1. The van der Waals surface area contributed by atoms with Gasteiger partial charge in [0.2, 0.25) is 5.91 Å². The van der Waals surface area contributed by atoms with Gasteiger partial charge >= 0.3 is 12.0 Å². The zero-order chi connectivity index (χ0) is 29.9. The predicted octanol–water partition coefficient (Wildman–Crippen LogP) is 6.13. The van der Waals surface area contributed by atoms with E-state index in [1.54, 1.807) is 23.5 Å². The lowest BCUT2D eigenvalue weighted by atomic mass is 9.63. The first-order valence-corrected chi connectivity index (χ1v) is 14.8. The van der Waals surface area contributed by atoms with Crippen LogP contribution in [0.2, 0.25) is 0 Å². The van der Waals surface area contributed by atoms with Crippen LogP contribution in [0.15, 0.2) is 41.3 Å². The van der Waals surface area contributed by atoms with Crippen LogP contribution in [-0.4, -0.2) is 65.1 Å². The Morgan fingerprint density at radius 2 is 1.95 bits per heavy atom. The summed E-state index contributed by atoms with van der Waals surface area (Å²) in [6.07, 6.45) is 9.33. The minimum Gasteiger partial charge on any atom is -0.467 e. The molecule has 40 heavy (non-hydrogen) atoms. The van der Waals surface area contributed by atoms with Crippen molar-refractivity contribution in [2.45, 2.75) is 99.1 Å². The quantitative estimate of drug-likeness (QED) is 0.212. The van der Waals surface area contributed by atoms with Crippen molar-refractivity contribution >= 4 is 24.1 Å². The number of aliphatic imine (C=N–C) groups is 1. The first-order chi connectivity index (χ1) is 19.2. The van der Waals surface area contributed by atoms with E-state index in [4.69, 9.17) is 4.74 Å². The van der Waals surface area contributed by atoms with E-state index in [2.05, 4.69) is 22.2 Å². The molecule has 1 N–H and O–H groups in total. The van der Waals surface area contributed by atoms with Crippen LogP contribution in [-0.2, 0) is 14.3 Å². The molecule has 0 aromatic carbocycles. The molecule has 0 aliphatic carbocycles. The lowest BCUT2D eigenvalue weighted by Crippen LogP contribution is -2.66. The molecule has 0 saturated carbocycles. The molecule has 1 aromatic heterocycles. The molecule has 9 heteroatoms. The van der Waals surface area contributed by atoms with Crippen molar-refractivity contribution in [2.24, 2.45) is 15.8 Å². The van der Waals surface area contributed by atoms with Gasteiger partial charge in [-0.2, -0.15) is 0 Å². The van der Waals surface area contributed by atoms with Gasteiger partial charge in [-0.15, -0.1) is 0 Å². The molecule has 1 spiro atoms. The number of rotatable bonds is 10. The lowest BCUT2D eigenvalue weighted by molar-refractivity contribution is -0.175. The SMILES string of the molecule is CC.CC=N/C=C(\CC)N1C(=O)C2(CCN(C(=O)N[C@@H](C(=O)OC)[C@](C)(CC)CCC)CC2)C1c1ccccn1.[HH]. The Hall–Kier alpha value is -3.23. The largest absolute Gasteiger partial charge is 0.467 e. The number of hydrogen-bond donors (Lipinski definition) is 1.